The minimum atomic E-state index is -0.638. The summed E-state index contributed by atoms with van der Waals surface area (Å²) in [4.78, 5) is 0. The SMILES string of the molecule is COc1c(F)cc(F)cc1[C@H]1CCCN1. The molecule has 0 saturated carbocycles. The molecule has 0 unspecified atom stereocenters. The van der Waals surface area contributed by atoms with Crippen molar-refractivity contribution >= 4 is 0 Å². The van der Waals surface area contributed by atoms with E-state index in [1.54, 1.807) is 0 Å². The fourth-order valence-electron chi connectivity index (χ4n) is 2.00. The molecule has 15 heavy (non-hydrogen) atoms. The molecule has 0 aliphatic carbocycles. The van der Waals surface area contributed by atoms with Crippen LogP contribution in [0.5, 0.6) is 5.75 Å². The smallest absolute Gasteiger partial charge is 0.168 e. The number of rotatable bonds is 2. The van der Waals surface area contributed by atoms with Crippen molar-refractivity contribution in [3.05, 3.63) is 29.3 Å². The lowest BCUT2D eigenvalue weighted by atomic mass is 10.0. The van der Waals surface area contributed by atoms with Crippen molar-refractivity contribution < 1.29 is 13.5 Å². The van der Waals surface area contributed by atoms with Crippen LogP contribution in [-0.4, -0.2) is 13.7 Å². The zero-order valence-corrected chi connectivity index (χ0v) is 8.52. The molecule has 1 N–H and O–H groups in total. The Labute approximate surface area is 87.2 Å². The molecule has 1 aliphatic rings. The Morgan fingerprint density at radius 2 is 2.20 bits per heavy atom. The van der Waals surface area contributed by atoms with Crippen LogP contribution in [0.4, 0.5) is 8.78 Å². The maximum absolute atomic E-state index is 13.4. The van der Waals surface area contributed by atoms with Crippen LogP contribution in [0.15, 0.2) is 12.1 Å². The van der Waals surface area contributed by atoms with Gasteiger partial charge in [-0.15, -0.1) is 0 Å². The van der Waals surface area contributed by atoms with E-state index in [0.29, 0.717) is 5.56 Å². The Bertz CT molecular complexity index is 362. The minimum absolute atomic E-state index is 0.00477. The number of hydrogen-bond acceptors (Lipinski definition) is 2. The van der Waals surface area contributed by atoms with Gasteiger partial charge >= 0.3 is 0 Å². The Hall–Kier alpha value is -1.16. The third-order valence-corrected chi connectivity index (χ3v) is 2.68. The van der Waals surface area contributed by atoms with Crippen molar-refractivity contribution in [1.29, 1.82) is 0 Å². The van der Waals surface area contributed by atoms with Crippen molar-refractivity contribution in [3.8, 4) is 5.75 Å². The summed E-state index contributed by atoms with van der Waals surface area (Å²) in [5.74, 6) is -1.05. The normalized spacial score (nSPS) is 20.6. The molecule has 1 aromatic rings. The zero-order valence-electron chi connectivity index (χ0n) is 8.52. The van der Waals surface area contributed by atoms with Crippen molar-refractivity contribution in [3.63, 3.8) is 0 Å². The molecular formula is C11H13F2NO. The summed E-state index contributed by atoms with van der Waals surface area (Å²) in [7, 11) is 1.40. The van der Waals surface area contributed by atoms with Gasteiger partial charge in [0.1, 0.15) is 5.82 Å². The number of methoxy groups -OCH3 is 1. The average Bonchev–Trinajstić information content (AvgIpc) is 2.69. The number of ether oxygens (including phenoxy) is 1. The summed E-state index contributed by atoms with van der Waals surface area (Å²) in [6.07, 6.45) is 1.91. The molecule has 0 spiro atoms. The maximum Gasteiger partial charge on any atom is 0.168 e. The molecule has 2 nitrogen and oxygen atoms in total. The van der Waals surface area contributed by atoms with E-state index in [1.165, 1.54) is 13.2 Å². The summed E-state index contributed by atoms with van der Waals surface area (Å²) in [6, 6.07) is 2.19. The molecule has 1 atom stereocenters. The highest BCUT2D eigenvalue weighted by Gasteiger charge is 2.22. The van der Waals surface area contributed by atoms with Crippen molar-refractivity contribution in [2.45, 2.75) is 18.9 Å². The van der Waals surface area contributed by atoms with Gasteiger partial charge in [-0.25, -0.2) is 8.78 Å². The molecule has 0 aromatic heterocycles. The molecule has 82 valence electrons. The Kier molecular flexibility index (Phi) is 2.86. The molecule has 1 aliphatic heterocycles. The number of hydrogen-bond donors (Lipinski definition) is 1. The molecule has 0 radical (unpaired) electrons. The topological polar surface area (TPSA) is 21.3 Å². The van der Waals surface area contributed by atoms with E-state index in [-0.39, 0.29) is 11.8 Å². The van der Waals surface area contributed by atoms with Gasteiger partial charge in [0.15, 0.2) is 11.6 Å². The van der Waals surface area contributed by atoms with Crippen LogP contribution in [0.1, 0.15) is 24.4 Å². The van der Waals surface area contributed by atoms with Crippen LogP contribution in [0, 0.1) is 11.6 Å². The van der Waals surface area contributed by atoms with Crippen molar-refractivity contribution in [2.75, 3.05) is 13.7 Å². The summed E-state index contributed by atoms with van der Waals surface area (Å²) in [5, 5.41) is 3.19. The van der Waals surface area contributed by atoms with Gasteiger partial charge in [0.2, 0.25) is 0 Å². The van der Waals surface area contributed by atoms with Gasteiger partial charge in [0.25, 0.3) is 0 Å². The van der Waals surface area contributed by atoms with Crippen LogP contribution in [0.2, 0.25) is 0 Å². The summed E-state index contributed by atoms with van der Waals surface area (Å²) in [6.45, 7) is 0.881. The Balaban J connectivity index is 2.42. The highest BCUT2D eigenvalue weighted by molar-refractivity contribution is 5.38. The maximum atomic E-state index is 13.4. The summed E-state index contributed by atoms with van der Waals surface area (Å²) < 4.78 is 31.4. The van der Waals surface area contributed by atoms with Gasteiger partial charge in [0.05, 0.1) is 7.11 Å². The number of halogens is 2. The first-order chi connectivity index (χ1) is 7.22. The van der Waals surface area contributed by atoms with Crippen LogP contribution in [0.3, 0.4) is 0 Å². The van der Waals surface area contributed by atoms with Crippen molar-refractivity contribution in [1.82, 2.24) is 5.32 Å². The van der Waals surface area contributed by atoms with Crippen LogP contribution < -0.4 is 10.1 Å². The lowest BCUT2D eigenvalue weighted by molar-refractivity contribution is 0.372. The van der Waals surface area contributed by atoms with E-state index < -0.39 is 11.6 Å². The highest BCUT2D eigenvalue weighted by atomic mass is 19.1. The van der Waals surface area contributed by atoms with E-state index >= 15 is 0 Å². The molecule has 4 heteroatoms. The predicted molar refractivity (Wildman–Crippen MR) is 52.9 cm³/mol. The molecule has 2 rings (SSSR count). The Morgan fingerprint density at radius 3 is 2.80 bits per heavy atom. The second-order valence-corrected chi connectivity index (χ2v) is 3.66. The fourth-order valence-corrected chi connectivity index (χ4v) is 2.00. The van der Waals surface area contributed by atoms with E-state index in [9.17, 15) is 8.78 Å². The van der Waals surface area contributed by atoms with Gasteiger partial charge in [-0.05, 0) is 25.5 Å². The fraction of sp³-hybridized carbons (Fsp3) is 0.455. The second kappa shape index (κ2) is 4.14. The first-order valence-electron chi connectivity index (χ1n) is 4.98. The zero-order chi connectivity index (χ0) is 10.8. The molecular weight excluding hydrogens is 200 g/mol. The summed E-state index contributed by atoms with van der Waals surface area (Å²) in [5.41, 5.74) is 0.576. The van der Waals surface area contributed by atoms with Crippen LogP contribution in [0.25, 0.3) is 0 Å². The second-order valence-electron chi connectivity index (χ2n) is 3.66. The number of benzene rings is 1. The quantitative estimate of drug-likeness (QED) is 0.814. The lowest BCUT2D eigenvalue weighted by Gasteiger charge is -2.15. The van der Waals surface area contributed by atoms with Gasteiger partial charge in [-0.1, -0.05) is 0 Å². The monoisotopic (exact) mass is 213 g/mol. The van der Waals surface area contributed by atoms with Gasteiger partial charge in [-0.2, -0.15) is 0 Å². The standard InChI is InChI=1S/C11H13F2NO/c1-15-11-8(10-3-2-4-14-10)5-7(12)6-9(11)13/h5-6,10,14H,2-4H2,1H3/t10-/m1/s1. The van der Waals surface area contributed by atoms with Gasteiger partial charge in [-0.3, -0.25) is 0 Å². The third kappa shape index (κ3) is 1.95. The largest absolute Gasteiger partial charge is 0.493 e. The molecule has 1 heterocycles. The number of nitrogens with one attached hydrogen (secondary N) is 1. The molecule has 0 bridgehead atoms. The molecule has 0 amide bonds. The van der Waals surface area contributed by atoms with Crippen LogP contribution in [-0.2, 0) is 0 Å². The highest BCUT2D eigenvalue weighted by Crippen LogP contribution is 2.33. The first kappa shape index (κ1) is 10.4. The predicted octanol–water partition coefficient (Wildman–Crippen LogP) is 2.40. The van der Waals surface area contributed by atoms with E-state index in [2.05, 4.69) is 5.32 Å². The summed E-state index contributed by atoms with van der Waals surface area (Å²) >= 11 is 0. The third-order valence-electron chi connectivity index (χ3n) is 2.68. The van der Waals surface area contributed by atoms with Crippen molar-refractivity contribution in [2.24, 2.45) is 0 Å². The molecule has 1 aromatic carbocycles. The Morgan fingerprint density at radius 1 is 1.40 bits per heavy atom. The first-order valence-corrected chi connectivity index (χ1v) is 4.98. The van der Waals surface area contributed by atoms with E-state index in [1.807, 2.05) is 0 Å². The average molecular weight is 213 g/mol. The molecule has 1 saturated heterocycles. The van der Waals surface area contributed by atoms with E-state index in [0.717, 1.165) is 25.5 Å². The molecule has 1 fully saturated rings. The lowest BCUT2D eigenvalue weighted by Crippen LogP contribution is -2.14. The van der Waals surface area contributed by atoms with Crippen LogP contribution >= 0.6 is 0 Å². The van der Waals surface area contributed by atoms with Gasteiger partial charge < -0.3 is 10.1 Å². The van der Waals surface area contributed by atoms with Gasteiger partial charge in [0, 0.05) is 17.7 Å². The minimum Gasteiger partial charge on any atom is -0.493 e. The van der Waals surface area contributed by atoms with E-state index in [4.69, 9.17) is 4.74 Å².